The van der Waals surface area contributed by atoms with Gasteiger partial charge in [-0.3, -0.25) is 14.7 Å². The number of esters is 1. The molecule has 1 saturated heterocycles. The number of piperidine rings is 1. The first kappa shape index (κ1) is 23.0. The number of carbonyl (C=O) groups excluding carboxylic acids is 1. The highest BCUT2D eigenvalue weighted by Gasteiger charge is 2.26. The summed E-state index contributed by atoms with van der Waals surface area (Å²) in [6.07, 6.45) is 9.69. The Morgan fingerprint density at radius 1 is 1.03 bits per heavy atom. The van der Waals surface area contributed by atoms with Crippen LogP contribution in [0.3, 0.4) is 0 Å². The summed E-state index contributed by atoms with van der Waals surface area (Å²) in [5.74, 6) is 1.88. The molecule has 5 nitrogen and oxygen atoms in total. The van der Waals surface area contributed by atoms with Crippen LogP contribution in [0.4, 0.5) is 0 Å². The molecule has 2 fully saturated rings. The predicted octanol–water partition coefficient (Wildman–Crippen LogP) is 5.75. The van der Waals surface area contributed by atoms with Crippen LogP contribution in [0.2, 0.25) is 0 Å². The maximum atomic E-state index is 11.9. The van der Waals surface area contributed by atoms with Crippen molar-refractivity contribution in [2.75, 3.05) is 19.7 Å². The molecule has 0 atom stereocenters. The Morgan fingerprint density at radius 3 is 2.53 bits per heavy atom. The summed E-state index contributed by atoms with van der Waals surface area (Å²) >= 11 is 0. The molecule has 0 amide bonds. The van der Waals surface area contributed by atoms with Gasteiger partial charge in [-0.1, -0.05) is 25.8 Å². The van der Waals surface area contributed by atoms with Crippen molar-refractivity contribution < 1.29 is 14.3 Å². The Hall–Kier alpha value is -2.14. The molecule has 1 aliphatic heterocycles. The Morgan fingerprint density at radius 2 is 1.81 bits per heavy atom. The van der Waals surface area contributed by atoms with Crippen LogP contribution in [0, 0.1) is 11.8 Å². The molecule has 1 saturated carbocycles. The molecule has 0 bridgehead atoms. The molecular weight excluding hydrogens is 400 g/mol. The lowest BCUT2D eigenvalue weighted by Gasteiger charge is -2.30. The van der Waals surface area contributed by atoms with Gasteiger partial charge < -0.3 is 9.47 Å². The van der Waals surface area contributed by atoms with E-state index in [2.05, 4.69) is 42.2 Å². The molecule has 5 heteroatoms. The number of aromatic nitrogens is 1. The normalized spacial score (nSPS) is 22.7. The van der Waals surface area contributed by atoms with Crippen LogP contribution in [-0.2, 0) is 16.1 Å². The quantitative estimate of drug-likeness (QED) is 0.491. The minimum Gasteiger partial charge on any atom is -0.490 e. The number of fused-ring (bicyclic) bond motifs is 1. The third-order valence-electron chi connectivity index (χ3n) is 7.10. The number of hydrogen-bond donors (Lipinski definition) is 0. The summed E-state index contributed by atoms with van der Waals surface area (Å²) < 4.78 is 11.5. The first-order chi connectivity index (χ1) is 15.6. The molecular formula is C27H38N2O3. The molecule has 0 unspecified atom stereocenters. The van der Waals surface area contributed by atoms with Crippen LogP contribution in [0.15, 0.2) is 30.3 Å². The van der Waals surface area contributed by atoms with Crippen LogP contribution < -0.4 is 4.74 Å². The Balaban J connectivity index is 1.30. The second kappa shape index (κ2) is 11.1. The Kier molecular flexibility index (Phi) is 8.01. The van der Waals surface area contributed by atoms with Crippen molar-refractivity contribution >= 4 is 16.9 Å². The van der Waals surface area contributed by atoms with Gasteiger partial charge in [0.2, 0.25) is 0 Å². The molecule has 0 radical (unpaired) electrons. The summed E-state index contributed by atoms with van der Waals surface area (Å²) in [6.45, 7) is 7.27. The third-order valence-corrected chi connectivity index (χ3v) is 7.10. The maximum absolute atomic E-state index is 11.9. The van der Waals surface area contributed by atoms with Crippen molar-refractivity contribution in [3.63, 3.8) is 0 Å². The van der Waals surface area contributed by atoms with Crippen molar-refractivity contribution in [2.45, 2.75) is 77.9 Å². The number of carbonyl (C=O) groups is 1. The topological polar surface area (TPSA) is 51.7 Å². The smallest absolute Gasteiger partial charge is 0.309 e. The van der Waals surface area contributed by atoms with Gasteiger partial charge in [0.15, 0.2) is 0 Å². The molecule has 0 N–H and O–H groups in total. The van der Waals surface area contributed by atoms with Crippen LogP contribution >= 0.6 is 0 Å². The van der Waals surface area contributed by atoms with E-state index in [0.717, 1.165) is 60.7 Å². The molecule has 1 aliphatic carbocycles. The zero-order chi connectivity index (χ0) is 22.3. The second-order valence-electron chi connectivity index (χ2n) is 9.51. The van der Waals surface area contributed by atoms with E-state index in [1.165, 1.54) is 38.5 Å². The summed E-state index contributed by atoms with van der Waals surface area (Å²) in [5, 5.41) is 1.13. The highest BCUT2D eigenvalue weighted by atomic mass is 16.5. The number of pyridine rings is 1. The van der Waals surface area contributed by atoms with Gasteiger partial charge in [0.05, 0.1) is 29.8 Å². The summed E-state index contributed by atoms with van der Waals surface area (Å²) in [6, 6.07) is 10.6. The number of hydrogen-bond acceptors (Lipinski definition) is 5. The van der Waals surface area contributed by atoms with Gasteiger partial charge in [-0.15, -0.1) is 0 Å². The number of nitrogens with zero attached hydrogens (tertiary/aromatic N) is 2. The van der Waals surface area contributed by atoms with E-state index >= 15 is 0 Å². The lowest BCUT2D eigenvalue weighted by Crippen LogP contribution is -2.36. The maximum Gasteiger partial charge on any atom is 0.309 e. The predicted molar refractivity (Wildman–Crippen MR) is 128 cm³/mol. The standard InChI is InChI=1S/C27H38N2O3/c1-3-5-20-6-10-24(11-7-20)32-25-12-13-26-22(18-25)8-9-23(28-26)19-29-16-14-21(15-17-29)27(30)31-4-2/h8-9,12-13,18,20-21,24H,3-7,10-11,14-17,19H2,1-2H3/t20-,24-. The summed E-state index contributed by atoms with van der Waals surface area (Å²) in [5.41, 5.74) is 2.10. The van der Waals surface area contributed by atoms with Gasteiger partial charge in [0.1, 0.15) is 5.75 Å². The minimum atomic E-state index is -0.0389. The van der Waals surface area contributed by atoms with Crippen LogP contribution in [0.1, 0.15) is 70.9 Å². The van der Waals surface area contributed by atoms with Crippen LogP contribution in [-0.4, -0.2) is 41.7 Å². The van der Waals surface area contributed by atoms with E-state index in [1.54, 1.807) is 0 Å². The lowest BCUT2D eigenvalue weighted by molar-refractivity contribution is -0.149. The van der Waals surface area contributed by atoms with Gasteiger partial charge >= 0.3 is 5.97 Å². The minimum absolute atomic E-state index is 0.0389. The summed E-state index contributed by atoms with van der Waals surface area (Å²) in [7, 11) is 0. The highest BCUT2D eigenvalue weighted by molar-refractivity contribution is 5.80. The number of ether oxygens (including phenoxy) is 2. The highest BCUT2D eigenvalue weighted by Crippen LogP contribution is 2.31. The molecule has 1 aromatic heterocycles. The fourth-order valence-corrected chi connectivity index (χ4v) is 5.26. The summed E-state index contributed by atoms with van der Waals surface area (Å²) in [4.78, 5) is 19.2. The molecule has 2 aromatic rings. The first-order valence-electron chi connectivity index (χ1n) is 12.6. The van der Waals surface area contributed by atoms with Crippen LogP contribution in [0.5, 0.6) is 5.75 Å². The van der Waals surface area contributed by atoms with E-state index in [-0.39, 0.29) is 11.9 Å². The van der Waals surface area contributed by atoms with Crippen molar-refractivity contribution in [3.05, 3.63) is 36.0 Å². The van der Waals surface area contributed by atoms with E-state index in [1.807, 2.05) is 6.92 Å². The fraction of sp³-hybridized carbons (Fsp3) is 0.630. The molecule has 0 spiro atoms. The number of likely N-dealkylation sites (tertiary alicyclic amines) is 1. The van der Waals surface area contributed by atoms with Crippen molar-refractivity contribution in [3.8, 4) is 5.75 Å². The molecule has 32 heavy (non-hydrogen) atoms. The average Bonchev–Trinajstić information content (AvgIpc) is 2.81. The molecule has 4 rings (SSSR count). The van der Waals surface area contributed by atoms with Gasteiger partial charge in [-0.2, -0.15) is 0 Å². The van der Waals surface area contributed by atoms with Crippen molar-refractivity contribution in [1.82, 2.24) is 9.88 Å². The van der Waals surface area contributed by atoms with E-state index in [0.29, 0.717) is 12.7 Å². The lowest BCUT2D eigenvalue weighted by atomic mass is 9.85. The average molecular weight is 439 g/mol. The van der Waals surface area contributed by atoms with E-state index < -0.39 is 0 Å². The number of benzene rings is 1. The van der Waals surface area contributed by atoms with Gasteiger partial charge in [-0.05, 0) is 88.7 Å². The zero-order valence-corrected chi connectivity index (χ0v) is 19.7. The molecule has 1 aromatic carbocycles. The molecule has 2 heterocycles. The number of rotatable bonds is 8. The van der Waals surface area contributed by atoms with E-state index in [9.17, 15) is 4.79 Å². The van der Waals surface area contributed by atoms with Crippen molar-refractivity contribution in [2.24, 2.45) is 11.8 Å². The molecule has 2 aliphatic rings. The molecule has 174 valence electrons. The SMILES string of the molecule is CCC[C@H]1CC[C@H](Oc2ccc3nc(CN4CCC(C(=O)OCC)CC4)ccc3c2)CC1. The van der Waals surface area contributed by atoms with Gasteiger partial charge in [-0.25, -0.2) is 0 Å². The third kappa shape index (κ3) is 6.00. The van der Waals surface area contributed by atoms with Gasteiger partial charge in [0.25, 0.3) is 0 Å². The van der Waals surface area contributed by atoms with Crippen LogP contribution in [0.25, 0.3) is 10.9 Å². The zero-order valence-electron chi connectivity index (χ0n) is 19.7. The van der Waals surface area contributed by atoms with Crippen molar-refractivity contribution in [1.29, 1.82) is 0 Å². The Bertz CT molecular complexity index is 884. The monoisotopic (exact) mass is 438 g/mol. The Labute approximate surface area is 192 Å². The second-order valence-corrected chi connectivity index (χ2v) is 9.51. The first-order valence-corrected chi connectivity index (χ1v) is 12.6. The fourth-order valence-electron chi connectivity index (χ4n) is 5.26. The largest absolute Gasteiger partial charge is 0.490 e. The van der Waals surface area contributed by atoms with E-state index in [4.69, 9.17) is 14.5 Å². The van der Waals surface area contributed by atoms with Gasteiger partial charge in [0, 0.05) is 11.9 Å².